The molecule has 2 aromatic rings. The molecule has 4 heteroatoms. The lowest BCUT2D eigenvalue weighted by atomic mass is 10.1. The molecule has 0 aliphatic rings. The second-order valence-corrected chi connectivity index (χ2v) is 5.28. The molecule has 24 heavy (non-hydrogen) atoms. The number of alkyl carbamates (subject to hydrolysis) is 1. The maximum absolute atomic E-state index is 11.6. The van der Waals surface area contributed by atoms with Gasteiger partial charge in [0, 0.05) is 18.5 Å². The molecule has 0 aliphatic heterocycles. The minimum atomic E-state index is -0.424. The summed E-state index contributed by atoms with van der Waals surface area (Å²) < 4.78 is 5.12. The average molecular weight is 322 g/mol. The van der Waals surface area contributed by atoms with Crippen LogP contribution in [0.2, 0.25) is 0 Å². The van der Waals surface area contributed by atoms with Crippen LogP contribution in [0.25, 0.3) is 0 Å². The highest BCUT2D eigenvalue weighted by molar-refractivity contribution is 5.67. The number of nitrogens with one attached hydrogen (secondary N) is 1. The lowest BCUT2D eigenvalue weighted by Gasteiger charge is -2.05. The minimum Gasteiger partial charge on any atom is -0.445 e. The molecule has 0 saturated carbocycles. The normalized spacial score (nSPS) is 9.71. The predicted molar refractivity (Wildman–Crippen MR) is 95.3 cm³/mol. The summed E-state index contributed by atoms with van der Waals surface area (Å²) in [5, 5.41) is 2.69. The Kier molecular flexibility index (Phi) is 7.39. The van der Waals surface area contributed by atoms with E-state index in [1.54, 1.807) is 0 Å². The molecule has 0 unspecified atom stereocenters. The predicted octanol–water partition coefficient (Wildman–Crippen LogP) is 2.86. The molecular formula is C20H22N2O2. The van der Waals surface area contributed by atoms with Gasteiger partial charge in [-0.1, -0.05) is 54.3 Å². The zero-order valence-electron chi connectivity index (χ0n) is 13.6. The summed E-state index contributed by atoms with van der Waals surface area (Å²) in [7, 11) is 0. The molecule has 124 valence electrons. The minimum absolute atomic E-state index is 0.271. The van der Waals surface area contributed by atoms with Gasteiger partial charge in [0.05, 0.1) is 0 Å². The standard InChI is InChI=1S/C20H22N2O2/c21-14-13-18-11-9-17(10-12-18)6-4-5-15-22-20(23)24-16-19-7-2-1-3-8-19/h1-3,7-12H,5,13-16,21H2,(H,22,23). The number of hydrogen-bond acceptors (Lipinski definition) is 3. The molecule has 2 aromatic carbocycles. The van der Waals surface area contributed by atoms with Crippen molar-refractivity contribution < 1.29 is 9.53 Å². The number of nitrogens with two attached hydrogens (primary N) is 1. The Bertz CT molecular complexity index is 685. The highest BCUT2D eigenvalue weighted by Crippen LogP contribution is 2.03. The molecule has 0 heterocycles. The molecule has 0 aromatic heterocycles. The van der Waals surface area contributed by atoms with Crippen molar-refractivity contribution in [3.63, 3.8) is 0 Å². The fraction of sp³-hybridized carbons (Fsp3) is 0.250. The van der Waals surface area contributed by atoms with E-state index in [2.05, 4.69) is 17.2 Å². The van der Waals surface area contributed by atoms with E-state index in [9.17, 15) is 4.79 Å². The van der Waals surface area contributed by atoms with Gasteiger partial charge in [0.2, 0.25) is 0 Å². The van der Waals surface area contributed by atoms with Crippen molar-refractivity contribution in [2.75, 3.05) is 13.1 Å². The van der Waals surface area contributed by atoms with Crippen molar-refractivity contribution in [2.45, 2.75) is 19.4 Å². The number of benzene rings is 2. The van der Waals surface area contributed by atoms with Gasteiger partial charge in [-0.25, -0.2) is 4.79 Å². The maximum Gasteiger partial charge on any atom is 0.407 e. The first-order chi connectivity index (χ1) is 11.8. The molecule has 1 amide bonds. The molecule has 0 spiro atoms. The Morgan fingerprint density at radius 1 is 1.04 bits per heavy atom. The van der Waals surface area contributed by atoms with E-state index < -0.39 is 6.09 Å². The molecule has 4 nitrogen and oxygen atoms in total. The lowest BCUT2D eigenvalue weighted by molar-refractivity contribution is 0.140. The van der Waals surface area contributed by atoms with Crippen LogP contribution < -0.4 is 11.1 Å². The van der Waals surface area contributed by atoms with Gasteiger partial charge in [0.1, 0.15) is 6.61 Å². The Balaban J connectivity index is 1.64. The third kappa shape index (κ3) is 6.55. The fourth-order valence-electron chi connectivity index (χ4n) is 2.09. The second kappa shape index (κ2) is 10.1. The smallest absolute Gasteiger partial charge is 0.407 e. The van der Waals surface area contributed by atoms with Gasteiger partial charge in [0.25, 0.3) is 0 Å². The molecule has 0 aliphatic carbocycles. The molecule has 0 fully saturated rings. The SMILES string of the molecule is NCCc1ccc(C#CCCNC(=O)OCc2ccccc2)cc1. The van der Waals surface area contributed by atoms with Crippen molar-refractivity contribution >= 4 is 6.09 Å². The van der Waals surface area contributed by atoms with Gasteiger partial charge in [-0.2, -0.15) is 0 Å². The van der Waals surface area contributed by atoms with Crippen LogP contribution >= 0.6 is 0 Å². The average Bonchev–Trinajstić information content (AvgIpc) is 2.62. The van der Waals surface area contributed by atoms with Crippen LogP contribution in [0.3, 0.4) is 0 Å². The zero-order valence-corrected chi connectivity index (χ0v) is 13.6. The van der Waals surface area contributed by atoms with Crippen molar-refractivity contribution in [1.82, 2.24) is 5.32 Å². The summed E-state index contributed by atoms with van der Waals surface area (Å²) in [5.41, 5.74) is 8.66. The zero-order chi connectivity index (χ0) is 17.0. The van der Waals surface area contributed by atoms with Crippen molar-refractivity contribution in [2.24, 2.45) is 5.73 Å². The van der Waals surface area contributed by atoms with Crippen LogP contribution in [-0.4, -0.2) is 19.2 Å². The van der Waals surface area contributed by atoms with Gasteiger partial charge >= 0.3 is 6.09 Å². The van der Waals surface area contributed by atoms with Gasteiger partial charge < -0.3 is 15.8 Å². The largest absolute Gasteiger partial charge is 0.445 e. The lowest BCUT2D eigenvalue weighted by Crippen LogP contribution is -2.24. The van der Waals surface area contributed by atoms with Crippen LogP contribution in [-0.2, 0) is 17.8 Å². The van der Waals surface area contributed by atoms with Crippen LogP contribution in [0.15, 0.2) is 54.6 Å². The molecule has 2 rings (SSSR count). The topological polar surface area (TPSA) is 64.3 Å². The second-order valence-electron chi connectivity index (χ2n) is 5.28. The van der Waals surface area contributed by atoms with E-state index in [4.69, 9.17) is 10.5 Å². The van der Waals surface area contributed by atoms with Crippen molar-refractivity contribution in [1.29, 1.82) is 0 Å². The molecule has 0 bridgehead atoms. The third-order valence-corrected chi connectivity index (χ3v) is 3.35. The summed E-state index contributed by atoms with van der Waals surface area (Å²) in [5.74, 6) is 6.11. The number of ether oxygens (including phenoxy) is 1. The van der Waals surface area contributed by atoms with Gasteiger partial charge in [0.15, 0.2) is 0 Å². The van der Waals surface area contributed by atoms with E-state index in [1.807, 2.05) is 54.6 Å². The molecule has 0 atom stereocenters. The van der Waals surface area contributed by atoms with Crippen molar-refractivity contribution in [3.8, 4) is 11.8 Å². The monoisotopic (exact) mass is 322 g/mol. The van der Waals surface area contributed by atoms with E-state index >= 15 is 0 Å². The number of carbonyl (C=O) groups excluding carboxylic acids is 1. The van der Waals surface area contributed by atoms with E-state index in [0.29, 0.717) is 19.5 Å². The maximum atomic E-state index is 11.6. The Morgan fingerprint density at radius 2 is 1.79 bits per heavy atom. The summed E-state index contributed by atoms with van der Waals surface area (Å²) in [6.07, 6.45) is 1.03. The first kappa shape index (κ1) is 17.6. The number of carbonyl (C=O) groups is 1. The fourth-order valence-corrected chi connectivity index (χ4v) is 2.09. The number of amides is 1. The van der Waals surface area contributed by atoms with Crippen LogP contribution in [0, 0.1) is 11.8 Å². The number of hydrogen-bond donors (Lipinski definition) is 2. The summed E-state index contributed by atoms with van der Waals surface area (Å²) in [6, 6.07) is 17.6. The molecular weight excluding hydrogens is 300 g/mol. The Hall–Kier alpha value is -2.77. The van der Waals surface area contributed by atoms with E-state index in [0.717, 1.165) is 17.5 Å². The molecule has 0 saturated heterocycles. The van der Waals surface area contributed by atoms with Gasteiger partial charge in [-0.05, 0) is 36.2 Å². The Morgan fingerprint density at radius 3 is 2.50 bits per heavy atom. The van der Waals surface area contributed by atoms with E-state index in [1.165, 1.54) is 5.56 Å². The van der Waals surface area contributed by atoms with E-state index in [-0.39, 0.29) is 6.61 Å². The highest BCUT2D eigenvalue weighted by atomic mass is 16.5. The summed E-state index contributed by atoms with van der Waals surface area (Å²) >= 11 is 0. The van der Waals surface area contributed by atoms with Crippen molar-refractivity contribution in [3.05, 3.63) is 71.3 Å². The third-order valence-electron chi connectivity index (χ3n) is 3.35. The quantitative estimate of drug-likeness (QED) is 0.635. The summed E-state index contributed by atoms with van der Waals surface area (Å²) in [6.45, 7) is 1.39. The Labute approximate surface area is 143 Å². The highest BCUT2D eigenvalue weighted by Gasteiger charge is 2.00. The van der Waals surface area contributed by atoms with Crippen LogP contribution in [0.4, 0.5) is 4.79 Å². The van der Waals surface area contributed by atoms with Gasteiger partial charge in [-0.3, -0.25) is 0 Å². The van der Waals surface area contributed by atoms with Crippen LogP contribution in [0.1, 0.15) is 23.1 Å². The first-order valence-electron chi connectivity index (χ1n) is 8.00. The summed E-state index contributed by atoms with van der Waals surface area (Å²) in [4.78, 5) is 11.6. The van der Waals surface area contributed by atoms with Crippen LogP contribution in [0.5, 0.6) is 0 Å². The molecule has 3 N–H and O–H groups in total. The molecule has 0 radical (unpaired) electrons. The first-order valence-corrected chi connectivity index (χ1v) is 8.00. The van der Waals surface area contributed by atoms with Gasteiger partial charge in [-0.15, -0.1) is 0 Å². The number of rotatable bonds is 6.